The Morgan fingerprint density at radius 3 is 1.76 bits per heavy atom. The number of ketones is 1. The summed E-state index contributed by atoms with van der Waals surface area (Å²) in [4.78, 5) is 83.8. The van der Waals surface area contributed by atoms with E-state index in [1.165, 1.54) is 14.0 Å². The number of nitrogens with zero attached hydrogens (tertiary/aromatic N) is 2. The zero-order valence-corrected chi connectivity index (χ0v) is 23.3. The van der Waals surface area contributed by atoms with Crippen LogP contribution in [0.25, 0.3) is 5.73 Å². The molecule has 0 heterocycles. The SMILES string of the molecule is CNC(=O)CN(CC(=O)NCC(=O)N(CNC(=O)C[NH-])CC(=O)NCC(C)=O)C(=O)CN.[Ac]. The fourth-order valence-electron chi connectivity index (χ4n) is 2.06. The van der Waals surface area contributed by atoms with E-state index in [9.17, 15) is 33.6 Å². The van der Waals surface area contributed by atoms with Crippen molar-refractivity contribution >= 4 is 41.2 Å². The number of amides is 6. The summed E-state index contributed by atoms with van der Waals surface area (Å²) in [5.41, 5.74) is 12.2. The second-order valence-electron chi connectivity index (χ2n) is 6.41. The molecule has 0 unspecified atom stereocenters. The van der Waals surface area contributed by atoms with E-state index in [2.05, 4.69) is 21.3 Å². The quantitative estimate of drug-likeness (QED) is 0.112. The first kappa shape index (κ1) is 33.0. The van der Waals surface area contributed by atoms with Gasteiger partial charge in [0.2, 0.25) is 29.5 Å². The van der Waals surface area contributed by atoms with Crippen molar-refractivity contribution in [2.45, 2.75) is 6.92 Å². The largest absolute Gasteiger partial charge is 0.670 e. The third kappa shape index (κ3) is 15.3. The van der Waals surface area contributed by atoms with Gasteiger partial charge in [-0.1, -0.05) is 6.54 Å². The van der Waals surface area contributed by atoms with E-state index < -0.39 is 81.4 Å². The van der Waals surface area contributed by atoms with E-state index in [0.717, 1.165) is 9.80 Å². The summed E-state index contributed by atoms with van der Waals surface area (Å²) in [7, 11) is 1.35. The van der Waals surface area contributed by atoms with Crippen molar-refractivity contribution in [2.75, 3.05) is 59.5 Å². The summed E-state index contributed by atoms with van der Waals surface area (Å²) in [6.45, 7) is -2.46. The van der Waals surface area contributed by atoms with Crippen LogP contribution >= 0.6 is 0 Å². The molecule has 0 aliphatic rings. The van der Waals surface area contributed by atoms with Crippen LogP contribution in [0.15, 0.2) is 0 Å². The van der Waals surface area contributed by atoms with Gasteiger partial charge < -0.3 is 42.5 Å². The van der Waals surface area contributed by atoms with Gasteiger partial charge >= 0.3 is 0 Å². The minimum Gasteiger partial charge on any atom is -0.670 e. The summed E-state index contributed by atoms with van der Waals surface area (Å²) < 4.78 is 0. The van der Waals surface area contributed by atoms with Gasteiger partial charge in [-0.2, -0.15) is 0 Å². The molecule has 0 fully saturated rings. The fraction of sp³-hybridized carbons (Fsp3) is 0.588. The van der Waals surface area contributed by atoms with Crippen molar-refractivity contribution in [3.05, 3.63) is 5.73 Å². The smallest absolute Gasteiger partial charge is 0.243 e. The summed E-state index contributed by atoms with van der Waals surface area (Å²) in [6.07, 6.45) is 0. The molecule has 0 aromatic heterocycles. The number of likely N-dealkylation sites (N-methyl/N-ethyl adjacent to an activating group) is 1. The van der Waals surface area contributed by atoms with Gasteiger partial charge in [0.1, 0.15) is 25.4 Å². The second-order valence-corrected chi connectivity index (χ2v) is 6.41. The minimum absolute atomic E-state index is 0. The molecule has 0 aliphatic carbocycles. The topological polar surface area (TPSA) is 224 Å². The molecular weight excluding hydrogens is 655 g/mol. The van der Waals surface area contributed by atoms with Crippen molar-refractivity contribution in [2.24, 2.45) is 5.73 Å². The Hall–Kier alpha value is -2.15. The minimum atomic E-state index is -0.764. The molecule has 0 saturated heterocycles. The van der Waals surface area contributed by atoms with Crippen LogP contribution in [0.1, 0.15) is 6.92 Å². The van der Waals surface area contributed by atoms with Gasteiger partial charge in [0.25, 0.3) is 0 Å². The number of carbonyl (C=O) groups excluding carboxylic acids is 7. The summed E-state index contributed by atoms with van der Waals surface area (Å²) >= 11 is 0. The van der Waals surface area contributed by atoms with Crippen LogP contribution < -0.4 is 27.0 Å². The van der Waals surface area contributed by atoms with Crippen LogP contribution in [0.4, 0.5) is 0 Å². The van der Waals surface area contributed by atoms with Crippen LogP contribution in [0, 0.1) is 44.1 Å². The first-order chi connectivity index (χ1) is 15.0. The molecule has 6 amide bonds. The van der Waals surface area contributed by atoms with Crippen LogP contribution in [0.5, 0.6) is 0 Å². The van der Waals surface area contributed by atoms with E-state index in [1.54, 1.807) is 0 Å². The molecule has 1 radical (unpaired) electrons. The molecule has 0 aliphatic heterocycles. The Labute approximate surface area is 226 Å². The number of nitrogens with two attached hydrogens (primary N) is 1. The summed E-state index contributed by atoms with van der Waals surface area (Å²) in [6, 6.07) is 0. The Morgan fingerprint density at radius 2 is 1.27 bits per heavy atom. The van der Waals surface area contributed by atoms with Gasteiger partial charge in [0.15, 0.2) is 5.91 Å². The molecule has 7 N–H and O–H groups in total. The number of carbonyl (C=O) groups is 7. The van der Waals surface area contributed by atoms with Crippen LogP contribution in [0.2, 0.25) is 0 Å². The van der Waals surface area contributed by atoms with E-state index in [1.807, 2.05) is 0 Å². The zero-order valence-electron chi connectivity index (χ0n) is 18.6. The van der Waals surface area contributed by atoms with Crippen LogP contribution in [-0.2, 0) is 33.6 Å². The molecule has 183 valence electrons. The van der Waals surface area contributed by atoms with Gasteiger partial charge in [-0.3, -0.25) is 33.6 Å². The predicted molar refractivity (Wildman–Crippen MR) is 110 cm³/mol. The first-order valence-electron chi connectivity index (χ1n) is 9.44. The average Bonchev–Trinajstić information content (AvgIpc) is 2.77. The van der Waals surface area contributed by atoms with Crippen molar-refractivity contribution in [1.29, 1.82) is 0 Å². The zero-order chi connectivity index (χ0) is 24.7. The predicted octanol–water partition coefficient (Wildman–Crippen LogP) is -4.70. The van der Waals surface area contributed by atoms with Gasteiger partial charge in [0.05, 0.1) is 26.3 Å². The van der Waals surface area contributed by atoms with Gasteiger partial charge in [-0.05, 0) is 6.92 Å². The molecule has 0 spiro atoms. The molecule has 0 atom stereocenters. The van der Waals surface area contributed by atoms with E-state index in [4.69, 9.17) is 11.5 Å². The maximum atomic E-state index is 12.4. The first-order valence-corrected chi connectivity index (χ1v) is 9.44. The van der Waals surface area contributed by atoms with Crippen molar-refractivity contribution < 1.29 is 77.6 Å². The third-order valence-electron chi connectivity index (χ3n) is 3.76. The number of hydrogen-bond donors (Lipinski definition) is 5. The molecule has 33 heavy (non-hydrogen) atoms. The Bertz CT molecular complexity index is 734. The van der Waals surface area contributed by atoms with Gasteiger partial charge in [0, 0.05) is 51.1 Å². The summed E-state index contributed by atoms with van der Waals surface area (Å²) in [5.74, 6) is -4.38. The second kappa shape index (κ2) is 18.3. The van der Waals surface area contributed by atoms with Gasteiger partial charge in [-0.15, -0.1) is 0 Å². The number of Topliss-reactive ketones (excluding diaryl/α,β-unsaturated/α-hetero) is 1. The maximum Gasteiger partial charge on any atom is 0.243 e. The number of rotatable bonds is 14. The molecule has 16 heteroatoms. The Kier molecular flexibility index (Phi) is 18.3. The monoisotopic (exact) mass is 684 g/mol. The molecule has 0 bridgehead atoms. The molecule has 0 aromatic rings. The Morgan fingerprint density at radius 1 is 0.758 bits per heavy atom. The third-order valence-corrected chi connectivity index (χ3v) is 3.76. The van der Waals surface area contributed by atoms with E-state index in [-0.39, 0.29) is 56.4 Å². The molecular formula is C17H29AcN8O7-. The van der Waals surface area contributed by atoms with E-state index in [0.29, 0.717) is 0 Å². The van der Waals surface area contributed by atoms with Crippen molar-refractivity contribution in [1.82, 2.24) is 31.1 Å². The van der Waals surface area contributed by atoms with Crippen molar-refractivity contribution in [3.8, 4) is 0 Å². The normalized spacial score (nSPS) is 9.58. The van der Waals surface area contributed by atoms with Gasteiger partial charge in [-0.25, -0.2) is 0 Å². The number of nitrogens with one attached hydrogen (secondary N) is 5. The van der Waals surface area contributed by atoms with Crippen LogP contribution in [-0.4, -0.2) is 111 Å². The standard InChI is InChI=1S/C17H29N8O7.Ac/c1-11(26)5-21-15(30)9-25(10-23-12(27)3-18)17(32)6-22-14(29)8-24(16(31)4-19)7-13(28)20-2;/h18H,3-10,19H2,1-2H3,(H,20,28)(H,21,30)(H,22,29)(H,23,27);/q-1;. The molecule has 15 nitrogen and oxygen atoms in total. The maximum absolute atomic E-state index is 12.4. The molecule has 0 saturated carbocycles. The van der Waals surface area contributed by atoms with Crippen LogP contribution in [0.3, 0.4) is 0 Å². The molecule has 0 aromatic carbocycles. The fourth-order valence-corrected chi connectivity index (χ4v) is 2.06. The summed E-state index contributed by atoms with van der Waals surface area (Å²) in [5, 5.41) is 9.11. The number of hydrogen-bond acceptors (Lipinski definition) is 8. The average molecular weight is 684 g/mol. The molecule has 0 rings (SSSR count). The van der Waals surface area contributed by atoms with Crippen molar-refractivity contribution in [3.63, 3.8) is 0 Å². The Balaban J connectivity index is 0. The van der Waals surface area contributed by atoms with E-state index >= 15 is 0 Å².